The molecule has 132 valence electrons. The van der Waals surface area contributed by atoms with Crippen molar-refractivity contribution < 1.29 is 9.53 Å². The number of hydrogen-bond acceptors (Lipinski definition) is 5. The Morgan fingerprint density at radius 1 is 1.36 bits per heavy atom. The number of carbonyl (C=O) groups excluding carboxylic acids is 1. The van der Waals surface area contributed by atoms with Gasteiger partial charge in [-0.1, -0.05) is 18.2 Å². The first-order chi connectivity index (χ1) is 12.2. The summed E-state index contributed by atoms with van der Waals surface area (Å²) in [5.74, 6) is 2.74. The van der Waals surface area contributed by atoms with Crippen molar-refractivity contribution in [3.63, 3.8) is 0 Å². The lowest BCUT2D eigenvalue weighted by molar-refractivity contribution is -0.121. The number of amides is 1. The maximum Gasteiger partial charge on any atom is 0.234 e. The summed E-state index contributed by atoms with van der Waals surface area (Å²) >= 11 is 0. The topological polar surface area (TPSA) is 81.1 Å². The van der Waals surface area contributed by atoms with E-state index in [1.165, 1.54) is 0 Å². The molecule has 2 aliphatic heterocycles. The molecule has 3 heterocycles. The van der Waals surface area contributed by atoms with Crippen LogP contribution in [0.3, 0.4) is 0 Å². The molecule has 1 amide bonds. The molecule has 0 fully saturated rings. The van der Waals surface area contributed by atoms with E-state index in [2.05, 4.69) is 20.7 Å². The molecule has 2 atom stereocenters. The van der Waals surface area contributed by atoms with Crippen molar-refractivity contribution >= 4 is 5.91 Å². The summed E-state index contributed by atoms with van der Waals surface area (Å²) < 4.78 is 7.59. The predicted octanol–water partition coefficient (Wildman–Crippen LogP) is 1.13. The monoisotopic (exact) mass is 341 g/mol. The largest absolute Gasteiger partial charge is 0.493 e. The molecule has 7 nitrogen and oxygen atoms in total. The zero-order valence-electron chi connectivity index (χ0n) is 14.4. The van der Waals surface area contributed by atoms with E-state index in [1.807, 2.05) is 35.9 Å². The van der Waals surface area contributed by atoms with Crippen molar-refractivity contribution in [3.05, 3.63) is 41.5 Å². The van der Waals surface area contributed by atoms with Gasteiger partial charge in [-0.2, -0.15) is 5.10 Å². The van der Waals surface area contributed by atoms with Gasteiger partial charge in [0.25, 0.3) is 0 Å². The Balaban J connectivity index is 1.30. The van der Waals surface area contributed by atoms with E-state index < -0.39 is 0 Å². The SMILES string of the molecule is Cc1nc2n(n1)C[C@H](NCC(=O)N[C@@H]1CCOc3ccccc31)CC2. The van der Waals surface area contributed by atoms with Crippen LogP contribution in [-0.4, -0.2) is 39.9 Å². The van der Waals surface area contributed by atoms with E-state index in [0.717, 1.165) is 48.8 Å². The summed E-state index contributed by atoms with van der Waals surface area (Å²) in [6.45, 7) is 3.62. The van der Waals surface area contributed by atoms with Gasteiger partial charge in [-0.3, -0.25) is 4.79 Å². The van der Waals surface area contributed by atoms with Crippen LogP contribution in [0.25, 0.3) is 0 Å². The van der Waals surface area contributed by atoms with E-state index in [1.54, 1.807) is 0 Å². The molecular formula is C18H23N5O2. The molecule has 4 rings (SSSR count). The number of rotatable bonds is 4. The van der Waals surface area contributed by atoms with Crippen molar-refractivity contribution in [2.24, 2.45) is 0 Å². The number of fused-ring (bicyclic) bond motifs is 2. The average Bonchev–Trinajstić information content (AvgIpc) is 2.99. The van der Waals surface area contributed by atoms with Crippen LogP contribution in [0.1, 0.15) is 36.1 Å². The second-order valence-electron chi connectivity index (χ2n) is 6.67. The molecule has 0 unspecified atom stereocenters. The average molecular weight is 341 g/mol. The van der Waals surface area contributed by atoms with Crippen molar-refractivity contribution in [1.29, 1.82) is 0 Å². The van der Waals surface area contributed by atoms with Crippen LogP contribution in [0.2, 0.25) is 0 Å². The zero-order chi connectivity index (χ0) is 17.2. The zero-order valence-corrected chi connectivity index (χ0v) is 14.4. The van der Waals surface area contributed by atoms with Crippen molar-refractivity contribution in [2.75, 3.05) is 13.2 Å². The van der Waals surface area contributed by atoms with Gasteiger partial charge in [0.05, 0.1) is 25.7 Å². The summed E-state index contributed by atoms with van der Waals surface area (Å²) in [5, 5.41) is 10.9. The minimum atomic E-state index is 0.0160. The van der Waals surface area contributed by atoms with E-state index in [4.69, 9.17) is 4.74 Å². The van der Waals surface area contributed by atoms with Crippen LogP contribution in [0.15, 0.2) is 24.3 Å². The highest BCUT2D eigenvalue weighted by molar-refractivity contribution is 5.78. The molecular weight excluding hydrogens is 318 g/mol. The minimum Gasteiger partial charge on any atom is -0.493 e. The van der Waals surface area contributed by atoms with Crippen LogP contribution < -0.4 is 15.4 Å². The maximum absolute atomic E-state index is 12.4. The van der Waals surface area contributed by atoms with E-state index in [0.29, 0.717) is 13.2 Å². The second-order valence-corrected chi connectivity index (χ2v) is 6.67. The molecule has 0 radical (unpaired) electrons. The molecule has 1 aromatic heterocycles. The highest BCUT2D eigenvalue weighted by Gasteiger charge is 2.24. The van der Waals surface area contributed by atoms with Gasteiger partial charge in [0.2, 0.25) is 5.91 Å². The number of carbonyl (C=O) groups is 1. The quantitative estimate of drug-likeness (QED) is 0.871. The molecule has 0 saturated carbocycles. The van der Waals surface area contributed by atoms with Gasteiger partial charge in [0.15, 0.2) is 0 Å². The first kappa shape index (κ1) is 16.1. The van der Waals surface area contributed by atoms with Gasteiger partial charge >= 0.3 is 0 Å². The number of benzene rings is 1. The number of nitrogens with zero attached hydrogens (tertiary/aromatic N) is 3. The summed E-state index contributed by atoms with van der Waals surface area (Å²) in [5.41, 5.74) is 1.06. The summed E-state index contributed by atoms with van der Waals surface area (Å²) in [6.07, 6.45) is 2.67. The van der Waals surface area contributed by atoms with E-state index >= 15 is 0 Å². The fraction of sp³-hybridized carbons (Fsp3) is 0.500. The fourth-order valence-electron chi connectivity index (χ4n) is 3.57. The number of aromatic nitrogens is 3. The van der Waals surface area contributed by atoms with Gasteiger partial charge in [0, 0.05) is 24.4 Å². The van der Waals surface area contributed by atoms with Gasteiger partial charge in [-0.15, -0.1) is 0 Å². The Hall–Kier alpha value is -2.41. The lowest BCUT2D eigenvalue weighted by atomic mass is 10.0. The van der Waals surface area contributed by atoms with Crippen LogP contribution in [0.4, 0.5) is 0 Å². The Labute approximate surface area is 146 Å². The van der Waals surface area contributed by atoms with Crippen molar-refractivity contribution in [2.45, 2.75) is 44.8 Å². The summed E-state index contributed by atoms with van der Waals surface area (Å²) in [7, 11) is 0. The molecule has 7 heteroatoms. The van der Waals surface area contributed by atoms with Gasteiger partial charge in [-0.05, 0) is 19.4 Å². The molecule has 2 aromatic rings. The number of nitrogens with one attached hydrogen (secondary N) is 2. The maximum atomic E-state index is 12.4. The van der Waals surface area contributed by atoms with Gasteiger partial charge < -0.3 is 15.4 Å². The normalized spacial score (nSPS) is 21.8. The molecule has 0 bridgehead atoms. The summed E-state index contributed by atoms with van der Waals surface area (Å²) in [4.78, 5) is 16.8. The van der Waals surface area contributed by atoms with E-state index in [9.17, 15) is 4.79 Å². The molecule has 25 heavy (non-hydrogen) atoms. The second kappa shape index (κ2) is 6.84. The third kappa shape index (κ3) is 3.51. The number of para-hydroxylation sites is 1. The Morgan fingerprint density at radius 3 is 3.16 bits per heavy atom. The molecule has 0 spiro atoms. The molecule has 1 aromatic carbocycles. The lowest BCUT2D eigenvalue weighted by Gasteiger charge is -2.27. The molecule has 0 saturated heterocycles. The van der Waals surface area contributed by atoms with Crippen molar-refractivity contribution in [3.8, 4) is 5.75 Å². The lowest BCUT2D eigenvalue weighted by Crippen LogP contribution is -2.44. The van der Waals surface area contributed by atoms with Crippen LogP contribution >= 0.6 is 0 Å². The van der Waals surface area contributed by atoms with Crippen LogP contribution in [-0.2, 0) is 17.8 Å². The Kier molecular flexibility index (Phi) is 4.40. The highest BCUT2D eigenvalue weighted by Crippen LogP contribution is 2.31. The molecule has 0 aliphatic carbocycles. The van der Waals surface area contributed by atoms with Crippen molar-refractivity contribution in [1.82, 2.24) is 25.4 Å². The van der Waals surface area contributed by atoms with Gasteiger partial charge in [0.1, 0.15) is 17.4 Å². The first-order valence-corrected chi connectivity index (χ1v) is 8.84. The standard InChI is InChI=1S/C18H23N5O2/c1-12-20-17-7-6-13(11-23(17)22-12)19-10-18(24)21-15-8-9-25-16-5-3-2-4-14(15)16/h2-5,13,15,19H,6-11H2,1H3,(H,21,24)/t13-,15-/m1/s1. The van der Waals surface area contributed by atoms with Crippen LogP contribution in [0.5, 0.6) is 5.75 Å². The van der Waals surface area contributed by atoms with Crippen LogP contribution in [0, 0.1) is 6.92 Å². The third-order valence-corrected chi connectivity index (χ3v) is 4.81. The van der Waals surface area contributed by atoms with E-state index in [-0.39, 0.29) is 18.0 Å². The Morgan fingerprint density at radius 2 is 2.24 bits per heavy atom. The number of hydrogen-bond donors (Lipinski definition) is 2. The molecule has 2 aliphatic rings. The van der Waals surface area contributed by atoms with Gasteiger partial charge in [-0.25, -0.2) is 9.67 Å². The fourth-order valence-corrected chi connectivity index (χ4v) is 3.57. The predicted molar refractivity (Wildman–Crippen MR) is 92.3 cm³/mol. The Bertz CT molecular complexity index is 773. The first-order valence-electron chi connectivity index (χ1n) is 8.84. The number of aryl methyl sites for hydroxylation is 2. The summed E-state index contributed by atoms with van der Waals surface area (Å²) in [6, 6.07) is 8.17. The minimum absolute atomic E-state index is 0.0160. The molecule has 2 N–H and O–H groups in total. The highest BCUT2D eigenvalue weighted by atomic mass is 16.5. The third-order valence-electron chi connectivity index (χ3n) is 4.81. The smallest absolute Gasteiger partial charge is 0.234 e. The number of ether oxygens (including phenoxy) is 1.